The number of hydrogen-bond acceptors (Lipinski definition) is 3. The predicted octanol–water partition coefficient (Wildman–Crippen LogP) is 3.60. The molecule has 0 bridgehead atoms. The zero-order chi connectivity index (χ0) is 17.4. The first-order valence-electron chi connectivity index (χ1n) is 8.11. The van der Waals surface area contributed by atoms with E-state index in [0.29, 0.717) is 0 Å². The van der Waals surface area contributed by atoms with E-state index in [2.05, 4.69) is 5.32 Å². The van der Waals surface area contributed by atoms with E-state index in [1.165, 1.54) is 0 Å². The summed E-state index contributed by atoms with van der Waals surface area (Å²) >= 11 is 0. The molecule has 1 N–H and O–H groups in total. The van der Waals surface area contributed by atoms with Gasteiger partial charge in [0, 0.05) is 0 Å². The lowest BCUT2D eigenvalue weighted by Crippen LogP contribution is -2.31. The first-order chi connectivity index (χ1) is 11.6. The highest BCUT2D eigenvalue weighted by atomic mass is 16.5. The molecule has 4 heteroatoms. The SMILES string of the molecule is C[C@@H](CC(=O)OCC(=O)N[C@H](C)c1ccccc1)c1ccccc1. The number of amides is 1. The Morgan fingerprint density at radius 3 is 2.04 bits per heavy atom. The molecular formula is C20H23NO3. The van der Waals surface area contributed by atoms with Crippen molar-refractivity contribution in [2.24, 2.45) is 0 Å². The van der Waals surface area contributed by atoms with Crippen LogP contribution in [-0.2, 0) is 14.3 Å². The van der Waals surface area contributed by atoms with E-state index in [1.807, 2.05) is 74.5 Å². The summed E-state index contributed by atoms with van der Waals surface area (Å²) < 4.78 is 5.08. The molecular weight excluding hydrogens is 302 g/mol. The van der Waals surface area contributed by atoms with Crippen molar-refractivity contribution in [3.8, 4) is 0 Å². The fourth-order valence-corrected chi connectivity index (χ4v) is 2.46. The van der Waals surface area contributed by atoms with Crippen LogP contribution in [-0.4, -0.2) is 18.5 Å². The van der Waals surface area contributed by atoms with Gasteiger partial charge in [-0.1, -0.05) is 67.6 Å². The van der Waals surface area contributed by atoms with E-state index in [4.69, 9.17) is 4.74 Å². The maximum absolute atomic E-state index is 11.9. The van der Waals surface area contributed by atoms with Gasteiger partial charge in [-0.3, -0.25) is 9.59 Å². The van der Waals surface area contributed by atoms with Crippen LogP contribution in [0.1, 0.15) is 43.4 Å². The molecule has 1 amide bonds. The number of carbonyl (C=O) groups is 2. The van der Waals surface area contributed by atoms with Gasteiger partial charge >= 0.3 is 5.97 Å². The first-order valence-corrected chi connectivity index (χ1v) is 8.11. The van der Waals surface area contributed by atoms with Gasteiger partial charge in [0.25, 0.3) is 5.91 Å². The molecule has 126 valence electrons. The molecule has 0 spiro atoms. The molecule has 24 heavy (non-hydrogen) atoms. The molecule has 2 aromatic rings. The molecule has 0 radical (unpaired) electrons. The summed E-state index contributed by atoms with van der Waals surface area (Å²) in [6.45, 7) is 3.61. The summed E-state index contributed by atoms with van der Waals surface area (Å²) in [6, 6.07) is 19.3. The molecule has 2 atom stereocenters. The Bertz CT molecular complexity index is 596. The molecule has 0 aromatic heterocycles. The Hall–Kier alpha value is -2.62. The van der Waals surface area contributed by atoms with E-state index >= 15 is 0 Å². The van der Waals surface area contributed by atoms with Crippen LogP contribution in [0.25, 0.3) is 0 Å². The number of ether oxygens (including phenoxy) is 1. The van der Waals surface area contributed by atoms with Crippen molar-refractivity contribution in [3.63, 3.8) is 0 Å². The second-order valence-electron chi connectivity index (χ2n) is 5.88. The molecule has 0 aliphatic carbocycles. The maximum atomic E-state index is 11.9. The van der Waals surface area contributed by atoms with Crippen molar-refractivity contribution in [2.45, 2.75) is 32.2 Å². The van der Waals surface area contributed by atoms with Crippen LogP contribution in [0.15, 0.2) is 60.7 Å². The minimum atomic E-state index is -0.367. The Morgan fingerprint density at radius 1 is 0.917 bits per heavy atom. The maximum Gasteiger partial charge on any atom is 0.306 e. The fraction of sp³-hybridized carbons (Fsp3) is 0.300. The van der Waals surface area contributed by atoms with E-state index < -0.39 is 0 Å². The molecule has 0 aliphatic rings. The lowest BCUT2D eigenvalue weighted by atomic mass is 9.98. The van der Waals surface area contributed by atoms with E-state index in [9.17, 15) is 9.59 Å². The molecule has 0 heterocycles. The lowest BCUT2D eigenvalue weighted by Gasteiger charge is -2.15. The van der Waals surface area contributed by atoms with Gasteiger partial charge < -0.3 is 10.1 Å². The number of carbonyl (C=O) groups excluding carboxylic acids is 2. The third-order valence-corrected chi connectivity index (χ3v) is 3.88. The number of nitrogens with one attached hydrogen (secondary N) is 1. The van der Waals surface area contributed by atoms with Gasteiger partial charge in [-0.25, -0.2) is 0 Å². The van der Waals surface area contributed by atoms with Crippen molar-refractivity contribution in [2.75, 3.05) is 6.61 Å². The highest BCUT2D eigenvalue weighted by molar-refractivity contribution is 5.81. The molecule has 2 aromatic carbocycles. The van der Waals surface area contributed by atoms with E-state index in [0.717, 1.165) is 11.1 Å². The molecule has 4 nitrogen and oxygen atoms in total. The average Bonchev–Trinajstić information content (AvgIpc) is 2.61. The van der Waals surface area contributed by atoms with Crippen LogP contribution < -0.4 is 5.32 Å². The fourth-order valence-electron chi connectivity index (χ4n) is 2.46. The minimum Gasteiger partial charge on any atom is -0.456 e. The zero-order valence-electron chi connectivity index (χ0n) is 14.1. The summed E-state index contributed by atoms with van der Waals surface area (Å²) in [5, 5.41) is 2.82. The summed E-state index contributed by atoms with van der Waals surface area (Å²) in [5.74, 6) is -0.606. The Balaban J connectivity index is 1.74. The minimum absolute atomic E-state index is 0.0602. The highest BCUT2D eigenvalue weighted by Gasteiger charge is 2.15. The van der Waals surface area contributed by atoms with E-state index in [1.54, 1.807) is 0 Å². The molecule has 0 unspecified atom stereocenters. The molecule has 0 fully saturated rings. The van der Waals surface area contributed by atoms with Gasteiger partial charge in [-0.05, 0) is 24.0 Å². The van der Waals surface area contributed by atoms with Crippen LogP contribution >= 0.6 is 0 Å². The number of esters is 1. The number of benzene rings is 2. The van der Waals surface area contributed by atoms with Crippen LogP contribution in [0, 0.1) is 0 Å². The smallest absolute Gasteiger partial charge is 0.306 e. The van der Waals surface area contributed by atoms with Crippen molar-refractivity contribution in [3.05, 3.63) is 71.8 Å². The Labute approximate surface area is 142 Å². The van der Waals surface area contributed by atoms with Crippen LogP contribution in [0.3, 0.4) is 0 Å². The van der Waals surface area contributed by atoms with Crippen LogP contribution in [0.2, 0.25) is 0 Å². The average molecular weight is 325 g/mol. The number of hydrogen-bond donors (Lipinski definition) is 1. The second kappa shape index (κ2) is 8.87. The van der Waals surface area contributed by atoms with Gasteiger partial charge in [-0.15, -0.1) is 0 Å². The predicted molar refractivity (Wildman–Crippen MR) is 93.4 cm³/mol. The topological polar surface area (TPSA) is 55.4 Å². The normalized spacial score (nSPS) is 12.9. The largest absolute Gasteiger partial charge is 0.456 e. The molecule has 0 saturated heterocycles. The summed E-state index contributed by atoms with van der Waals surface area (Å²) in [7, 11) is 0. The van der Waals surface area contributed by atoms with Crippen molar-refractivity contribution >= 4 is 11.9 Å². The second-order valence-corrected chi connectivity index (χ2v) is 5.88. The summed E-state index contributed by atoms with van der Waals surface area (Å²) in [4.78, 5) is 23.8. The van der Waals surface area contributed by atoms with Crippen LogP contribution in [0.4, 0.5) is 0 Å². The molecule has 2 rings (SSSR count). The van der Waals surface area contributed by atoms with Crippen molar-refractivity contribution in [1.29, 1.82) is 0 Å². The lowest BCUT2D eigenvalue weighted by molar-refractivity contribution is -0.149. The van der Waals surface area contributed by atoms with Crippen molar-refractivity contribution < 1.29 is 14.3 Å². The van der Waals surface area contributed by atoms with Gasteiger partial charge in [0.2, 0.25) is 0 Å². The third-order valence-electron chi connectivity index (χ3n) is 3.88. The van der Waals surface area contributed by atoms with Gasteiger partial charge in [0.15, 0.2) is 6.61 Å². The van der Waals surface area contributed by atoms with Gasteiger partial charge in [-0.2, -0.15) is 0 Å². The third kappa shape index (κ3) is 5.54. The van der Waals surface area contributed by atoms with Gasteiger partial charge in [0.05, 0.1) is 12.5 Å². The van der Waals surface area contributed by atoms with Gasteiger partial charge in [0.1, 0.15) is 0 Å². The summed E-state index contributed by atoms with van der Waals surface area (Å²) in [6.07, 6.45) is 0.255. The molecule has 0 aliphatic heterocycles. The zero-order valence-corrected chi connectivity index (χ0v) is 14.1. The molecule has 0 saturated carbocycles. The first kappa shape index (κ1) is 17.7. The standard InChI is InChI=1S/C20H23NO3/c1-15(17-9-5-3-6-10-17)13-20(23)24-14-19(22)21-16(2)18-11-7-4-8-12-18/h3-12,15-16H,13-14H2,1-2H3,(H,21,22)/t15-,16+/m0/s1. The Morgan fingerprint density at radius 2 is 1.46 bits per heavy atom. The van der Waals surface area contributed by atoms with Crippen molar-refractivity contribution in [1.82, 2.24) is 5.32 Å². The Kier molecular flexibility index (Phi) is 6.55. The summed E-state index contributed by atoms with van der Waals surface area (Å²) in [5.41, 5.74) is 2.09. The quantitative estimate of drug-likeness (QED) is 0.791. The van der Waals surface area contributed by atoms with E-state index in [-0.39, 0.29) is 36.9 Å². The van der Waals surface area contributed by atoms with Crippen LogP contribution in [0.5, 0.6) is 0 Å². The number of rotatable bonds is 7. The highest BCUT2D eigenvalue weighted by Crippen LogP contribution is 2.18. The monoisotopic (exact) mass is 325 g/mol.